The standard InChI is InChI=1S/C17H19Cl2N3O3/c1-17(11-3-4-11)15(24)22(16(25)21-17)9-14(23)20-7-6-10-2-5-12(18)8-13(10)19/h2,5,8,11H,3-4,6-7,9H2,1H3,(H,20,23)(H,21,25)/t17-/m0/s1. The molecule has 1 aliphatic heterocycles. The van der Waals surface area contributed by atoms with Crippen molar-refractivity contribution in [3.8, 4) is 0 Å². The van der Waals surface area contributed by atoms with E-state index in [-0.39, 0.29) is 24.3 Å². The largest absolute Gasteiger partial charge is 0.354 e. The number of carbonyl (C=O) groups is 3. The minimum Gasteiger partial charge on any atom is -0.354 e. The molecule has 0 bridgehead atoms. The van der Waals surface area contributed by atoms with Gasteiger partial charge in [-0.1, -0.05) is 29.3 Å². The van der Waals surface area contributed by atoms with E-state index in [0.717, 1.165) is 23.3 Å². The van der Waals surface area contributed by atoms with E-state index in [4.69, 9.17) is 23.2 Å². The molecular formula is C17H19Cl2N3O3. The van der Waals surface area contributed by atoms with Crippen LogP contribution in [-0.2, 0) is 16.0 Å². The van der Waals surface area contributed by atoms with E-state index in [2.05, 4.69) is 10.6 Å². The van der Waals surface area contributed by atoms with E-state index in [0.29, 0.717) is 23.0 Å². The highest BCUT2D eigenvalue weighted by Crippen LogP contribution is 2.42. The second kappa shape index (κ2) is 6.84. The Balaban J connectivity index is 1.51. The van der Waals surface area contributed by atoms with Crippen molar-refractivity contribution in [2.75, 3.05) is 13.1 Å². The van der Waals surface area contributed by atoms with Crippen LogP contribution in [0.25, 0.3) is 0 Å². The highest BCUT2D eigenvalue weighted by molar-refractivity contribution is 6.35. The van der Waals surface area contributed by atoms with E-state index in [1.165, 1.54) is 0 Å². The zero-order valence-corrected chi connectivity index (χ0v) is 15.3. The fourth-order valence-electron chi connectivity index (χ4n) is 3.06. The second-order valence-corrected chi connectivity index (χ2v) is 7.48. The average Bonchev–Trinajstić information content (AvgIpc) is 3.36. The molecule has 6 nitrogen and oxygen atoms in total. The van der Waals surface area contributed by atoms with Crippen molar-refractivity contribution in [2.45, 2.75) is 31.7 Å². The number of hydrogen-bond acceptors (Lipinski definition) is 3. The normalized spacial score (nSPS) is 22.9. The summed E-state index contributed by atoms with van der Waals surface area (Å²) in [5.41, 5.74) is -0.00329. The van der Waals surface area contributed by atoms with Gasteiger partial charge in [-0.2, -0.15) is 0 Å². The number of amides is 4. The van der Waals surface area contributed by atoms with Crippen LogP contribution in [0.5, 0.6) is 0 Å². The second-order valence-electron chi connectivity index (χ2n) is 6.63. The van der Waals surface area contributed by atoms with Crippen LogP contribution in [0.2, 0.25) is 10.0 Å². The molecule has 1 aromatic rings. The Morgan fingerprint density at radius 3 is 2.72 bits per heavy atom. The van der Waals surface area contributed by atoms with Crippen LogP contribution in [0.15, 0.2) is 18.2 Å². The van der Waals surface area contributed by atoms with E-state index >= 15 is 0 Å². The third-order valence-corrected chi connectivity index (χ3v) is 5.32. The summed E-state index contributed by atoms with van der Waals surface area (Å²) in [6.07, 6.45) is 2.37. The molecule has 8 heteroatoms. The maximum atomic E-state index is 12.5. The predicted molar refractivity (Wildman–Crippen MR) is 94.5 cm³/mol. The van der Waals surface area contributed by atoms with Gasteiger partial charge < -0.3 is 10.6 Å². The Morgan fingerprint density at radius 2 is 2.08 bits per heavy atom. The molecule has 1 heterocycles. The first-order chi connectivity index (χ1) is 11.8. The van der Waals surface area contributed by atoms with Gasteiger partial charge in [0.05, 0.1) is 0 Å². The molecule has 0 radical (unpaired) electrons. The molecule has 0 unspecified atom stereocenters. The van der Waals surface area contributed by atoms with E-state index in [9.17, 15) is 14.4 Å². The Morgan fingerprint density at radius 1 is 1.36 bits per heavy atom. The lowest BCUT2D eigenvalue weighted by Crippen LogP contribution is -2.47. The summed E-state index contributed by atoms with van der Waals surface area (Å²) in [5, 5.41) is 6.52. The van der Waals surface area contributed by atoms with Gasteiger partial charge in [0, 0.05) is 16.6 Å². The van der Waals surface area contributed by atoms with Crippen molar-refractivity contribution < 1.29 is 14.4 Å². The highest BCUT2D eigenvalue weighted by Gasteiger charge is 2.56. The molecular weight excluding hydrogens is 365 g/mol. The topological polar surface area (TPSA) is 78.5 Å². The summed E-state index contributed by atoms with van der Waals surface area (Å²) in [7, 11) is 0. The molecule has 3 rings (SSSR count). The number of nitrogens with one attached hydrogen (secondary N) is 2. The van der Waals surface area contributed by atoms with E-state index in [1.807, 2.05) is 0 Å². The van der Waals surface area contributed by atoms with Gasteiger partial charge in [0.1, 0.15) is 12.1 Å². The maximum Gasteiger partial charge on any atom is 0.325 e. The molecule has 1 saturated carbocycles. The highest BCUT2D eigenvalue weighted by atomic mass is 35.5. The van der Waals surface area contributed by atoms with Crippen LogP contribution < -0.4 is 10.6 Å². The molecule has 0 aromatic heterocycles. The van der Waals surface area contributed by atoms with E-state index < -0.39 is 11.6 Å². The number of rotatable bonds is 6. The fraction of sp³-hybridized carbons (Fsp3) is 0.471. The SMILES string of the molecule is C[C@@]1(C2CC2)NC(=O)N(CC(=O)NCCc2ccc(Cl)cc2Cl)C1=O. The zero-order valence-electron chi connectivity index (χ0n) is 13.8. The van der Waals surface area contributed by atoms with Gasteiger partial charge in [0.2, 0.25) is 5.91 Å². The molecule has 2 fully saturated rings. The number of benzene rings is 1. The number of halogens is 2. The lowest BCUT2D eigenvalue weighted by Gasteiger charge is -2.20. The number of imide groups is 1. The van der Waals surface area contributed by atoms with Gasteiger partial charge in [-0.15, -0.1) is 0 Å². The lowest BCUT2D eigenvalue weighted by atomic mass is 9.96. The summed E-state index contributed by atoms with van der Waals surface area (Å²) in [6.45, 7) is 1.80. The van der Waals surface area contributed by atoms with Crippen LogP contribution in [0.1, 0.15) is 25.3 Å². The maximum absolute atomic E-state index is 12.5. The van der Waals surface area contributed by atoms with Gasteiger partial charge in [-0.25, -0.2) is 4.79 Å². The van der Waals surface area contributed by atoms with Crippen molar-refractivity contribution in [2.24, 2.45) is 5.92 Å². The van der Waals surface area contributed by atoms with Crippen LogP contribution in [0.3, 0.4) is 0 Å². The van der Waals surface area contributed by atoms with Crippen LogP contribution >= 0.6 is 23.2 Å². The van der Waals surface area contributed by atoms with Gasteiger partial charge in [-0.3, -0.25) is 14.5 Å². The van der Waals surface area contributed by atoms with Crippen molar-refractivity contribution in [1.82, 2.24) is 15.5 Å². The lowest BCUT2D eigenvalue weighted by molar-refractivity contribution is -0.135. The van der Waals surface area contributed by atoms with Crippen LogP contribution in [-0.4, -0.2) is 41.4 Å². The molecule has 1 aliphatic carbocycles. The first-order valence-corrected chi connectivity index (χ1v) is 8.91. The smallest absolute Gasteiger partial charge is 0.325 e. The Hall–Kier alpha value is -1.79. The third-order valence-electron chi connectivity index (χ3n) is 4.73. The first-order valence-electron chi connectivity index (χ1n) is 8.16. The van der Waals surface area contributed by atoms with Crippen molar-refractivity contribution in [1.29, 1.82) is 0 Å². The zero-order chi connectivity index (χ0) is 18.2. The number of urea groups is 1. The average molecular weight is 384 g/mol. The molecule has 1 aromatic carbocycles. The summed E-state index contributed by atoms with van der Waals surface area (Å²) in [5.74, 6) is -0.534. The van der Waals surface area contributed by atoms with Gasteiger partial charge in [0.15, 0.2) is 0 Å². The molecule has 0 spiro atoms. The van der Waals surface area contributed by atoms with Crippen molar-refractivity contribution in [3.05, 3.63) is 33.8 Å². The molecule has 25 heavy (non-hydrogen) atoms. The summed E-state index contributed by atoms with van der Waals surface area (Å²) >= 11 is 11.9. The first kappa shape index (κ1) is 18.0. The molecule has 1 saturated heterocycles. The monoisotopic (exact) mass is 383 g/mol. The van der Waals surface area contributed by atoms with Gasteiger partial charge in [-0.05, 0) is 49.8 Å². The van der Waals surface area contributed by atoms with E-state index in [1.54, 1.807) is 25.1 Å². The van der Waals surface area contributed by atoms with Crippen LogP contribution in [0, 0.1) is 5.92 Å². The number of hydrogen-bond donors (Lipinski definition) is 2. The minimum absolute atomic E-state index is 0.170. The Kier molecular flexibility index (Phi) is 4.93. The Bertz CT molecular complexity index is 736. The third kappa shape index (κ3) is 3.75. The van der Waals surface area contributed by atoms with Crippen molar-refractivity contribution >= 4 is 41.0 Å². The molecule has 2 aliphatic rings. The number of nitrogens with zero attached hydrogens (tertiary/aromatic N) is 1. The quantitative estimate of drug-likeness (QED) is 0.740. The Labute approximate surface area is 155 Å². The molecule has 134 valence electrons. The summed E-state index contributed by atoms with van der Waals surface area (Å²) in [6, 6.07) is 4.67. The summed E-state index contributed by atoms with van der Waals surface area (Å²) in [4.78, 5) is 37.5. The van der Waals surface area contributed by atoms with Crippen molar-refractivity contribution in [3.63, 3.8) is 0 Å². The van der Waals surface area contributed by atoms with Gasteiger partial charge >= 0.3 is 6.03 Å². The summed E-state index contributed by atoms with van der Waals surface area (Å²) < 4.78 is 0. The predicted octanol–water partition coefficient (Wildman–Crippen LogP) is 2.37. The molecule has 4 amide bonds. The minimum atomic E-state index is -0.867. The molecule has 2 N–H and O–H groups in total. The fourth-order valence-corrected chi connectivity index (χ4v) is 3.56. The number of carbonyl (C=O) groups excluding carboxylic acids is 3. The van der Waals surface area contributed by atoms with Gasteiger partial charge in [0.25, 0.3) is 5.91 Å². The van der Waals surface area contributed by atoms with Crippen LogP contribution in [0.4, 0.5) is 4.79 Å². The molecule has 1 atom stereocenters.